The predicted octanol–water partition coefficient (Wildman–Crippen LogP) is 1.84. The van der Waals surface area contributed by atoms with Gasteiger partial charge in [-0.25, -0.2) is 8.42 Å². The topological polar surface area (TPSA) is 77.8 Å². The van der Waals surface area contributed by atoms with E-state index in [4.69, 9.17) is 16.7 Å². The van der Waals surface area contributed by atoms with Crippen molar-refractivity contribution in [3.05, 3.63) is 28.1 Å². The first-order valence-corrected chi connectivity index (χ1v) is 8.84. The Morgan fingerprint density at radius 2 is 2.10 bits per heavy atom. The monoisotopic (exact) mass is 349 g/mol. The minimum Gasteiger partial charge on any atom is -0.394 e. The standard InChI is InChI=1S/C13H16ClNO4S2/c1-8-13(11-5-9(14)3-4-12(11)20-8)21(18,19)15(2)6-10(17)7-16/h3-5,10,16-17H,6-7H2,1-2H3/t10-/m0/s1. The van der Waals surface area contributed by atoms with Crippen LogP contribution in [0.25, 0.3) is 10.1 Å². The van der Waals surface area contributed by atoms with E-state index in [0.29, 0.717) is 15.3 Å². The Morgan fingerprint density at radius 1 is 1.43 bits per heavy atom. The summed E-state index contributed by atoms with van der Waals surface area (Å²) in [5.74, 6) is 0. The van der Waals surface area contributed by atoms with E-state index in [1.165, 1.54) is 18.4 Å². The first-order chi connectivity index (χ1) is 9.77. The molecule has 0 fully saturated rings. The number of nitrogens with zero attached hydrogens (tertiary/aromatic N) is 1. The molecule has 5 nitrogen and oxygen atoms in total. The number of aryl methyl sites for hydroxylation is 1. The number of rotatable bonds is 5. The number of aliphatic hydroxyl groups is 2. The van der Waals surface area contributed by atoms with Crippen molar-refractivity contribution in [1.82, 2.24) is 4.31 Å². The summed E-state index contributed by atoms with van der Waals surface area (Å²) in [6.07, 6.45) is -1.11. The molecule has 0 unspecified atom stereocenters. The number of likely N-dealkylation sites (N-methyl/N-ethyl adjacent to an activating group) is 1. The molecule has 0 aliphatic rings. The molecule has 0 saturated carbocycles. The van der Waals surface area contributed by atoms with Crippen molar-refractivity contribution in [3.63, 3.8) is 0 Å². The third kappa shape index (κ3) is 3.23. The number of sulfonamides is 1. The summed E-state index contributed by atoms with van der Waals surface area (Å²) < 4.78 is 27.3. The van der Waals surface area contributed by atoms with Gasteiger partial charge >= 0.3 is 0 Å². The van der Waals surface area contributed by atoms with Gasteiger partial charge in [0.2, 0.25) is 10.0 Å². The van der Waals surface area contributed by atoms with Gasteiger partial charge in [0.05, 0.1) is 12.7 Å². The van der Waals surface area contributed by atoms with E-state index in [1.54, 1.807) is 25.1 Å². The maximum Gasteiger partial charge on any atom is 0.244 e. The van der Waals surface area contributed by atoms with E-state index in [1.807, 2.05) is 0 Å². The molecule has 0 saturated heterocycles. The first-order valence-electron chi connectivity index (χ1n) is 6.21. The normalized spacial score (nSPS) is 14.0. The fraction of sp³-hybridized carbons (Fsp3) is 0.385. The molecule has 0 aliphatic heterocycles. The third-order valence-electron chi connectivity index (χ3n) is 3.12. The van der Waals surface area contributed by atoms with Crippen LogP contribution < -0.4 is 0 Å². The van der Waals surface area contributed by atoms with Crippen molar-refractivity contribution < 1.29 is 18.6 Å². The Kier molecular flexibility index (Phi) is 4.92. The number of hydrogen-bond donors (Lipinski definition) is 2. The summed E-state index contributed by atoms with van der Waals surface area (Å²) in [6, 6.07) is 5.13. The summed E-state index contributed by atoms with van der Waals surface area (Å²) in [4.78, 5) is 0.871. The van der Waals surface area contributed by atoms with Gasteiger partial charge in [0.15, 0.2) is 0 Å². The summed E-state index contributed by atoms with van der Waals surface area (Å²) in [6.45, 7) is 1.08. The van der Waals surface area contributed by atoms with E-state index >= 15 is 0 Å². The van der Waals surface area contributed by atoms with Crippen molar-refractivity contribution in [1.29, 1.82) is 0 Å². The van der Waals surface area contributed by atoms with Crippen LogP contribution in [0.4, 0.5) is 0 Å². The van der Waals surface area contributed by atoms with Gasteiger partial charge in [-0.15, -0.1) is 11.3 Å². The van der Waals surface area contributed by atoms with Crippen LogP contribution in [0.5, 0.6) is 0 Å². The SMILES string of the molecule is Cc1sc2ccc(Cl)cc2c1S(=O)(=O)N(C)C[C@H](O)CO. The lowest BCUT2D eigenvalue weighted by molar-refractivity contribution is 0.0826. The van der Waals surface area contributed by atoms with E-state index in [2.05, 4.69) is 0 Å². The van der Waals surface area contributed by atoms with Gasteiger partial charge in [0.1, 0.15) is 4.90 Å². The second kappa shape index (κ2) is 6.20. The molecule has 0 spiro atoms. The van der Waals surface area contributed by atoms with E-state index < -0.39 is 22.7 Å². The molecule has 2 aromatic rings. The van der Waals surface area contributed by atoms with E-state index in [0.717, 1.165) is 9.01 Å². The summed E-state index contributed by atoms with van der Waals surface area (Å²) in [5, 5.41) is 19.3. The lowest BCUT2D eigenvalue weighted by Crippen LogP contribution is -2.36. The van der Waals surface area contributed by atoms with Crippen molar-refractivity contribution in [3.8, 4) is 0 Å². The zero-order chi connectivity index (χ0) is 15.8. The molecule has 8 heteroatoms. The van der Waals surface area contributed by atoms with Crippen LogP contribution in [0.2, 0.25) is 5.02 Å². The molecule has 0 amide bonds. The molecule has 2 N–H and O–H groups in total. The number of fused-ring (bicyclic) bond motifs is 1. The number of hydrogen-bond acceptors (Lipinski definition) is 5. The van der Waals surface area contributed by atoms with Crippen LogP contribution in [0, 0.1) is 6.92 Å². The highest BCUT2D eigenvalue weighted by Gasteiger charge is 2.28. The fourth-order valence-electron chi connectivity index (χ4n) is 2.10. The molecular formula is C13H16ClNO4S2. The van der Waals surface area contributed by atoms with Gasteiger partial charge in [-0.2, -0.15) is 4.31 Å². The highest BCUT2D eigenvalue weighted by molar-refractivity contribution is 7.89. The van der Waals surface area contributed by atoms with Crippen molar-refractivity contribution in [2.45, 2.75) is 17.9 Å². The number of thiophene rings is 1. The first kappa shape index (κ1) is 16.7. The minimum atomic E-state index is -3.76. The van der Waals surface area contributed by atoms with Gasteiger partial charge in [0, 0.05) is 33.6 Å². The average Bonchev–Trinajstić information content (AvgIpc) is 2.74. The average molecular weight is 350 g/mol. The molecule has 1 aromatic heterocycles. The van der Waals surface area contributed by atoms with E-state index in [-0.39, 0.29) is 11.4 Å². The highest BCUT2D eigenvalue weighted by atomic mass is 35.5. The molecule has 21 heavy (non-hydrogen) atoms. The Morgan fingerprint density at radius 3 is 2.71 bits per heavy atom. The molecule has 116 valence electrons. The molecule has 1 atom stereocenters. The summed E-state index contributed by atoms with van der Waals surface area (Å²) >= 11 is 7.34. The smallest absolute Gasteiger partial charge is 0.244 e. The largest absolute Gasteiger partial charge is 0.394 e. The van der Waals surface area contributed by atoms with Gasteiger partial charge in [0.25, 0.3) is 0 Å². The molecule has 0 bridgehead atoms. The second-order valence-electron chi connectivity index (χ2n) is 4.75. The Balaban J connectivity index is 2.54. The minimum absolute atomic E-state index is 0.170. The summed E-state index contributed by atoms with van der Waals surface area (Å²) in [5.41, 5.74) is 0. The number of aliphatic hydroxyl groups excluding tert-OH is 2. The van der Waals surface area contributed by atoms with Crippen LogP contribution in [0.1, 0.15) is 4.88 Å². The van der Waals surface area contributed by atoms with Crippen LogP contribution in [-0.2, 0) is 10.0 Å². The van der Waals surface area contributed by atoms with Gasteiger partial charge in [-0.1, -0.05) is 11.6 Å². The Hall–Kier alpha value is -0.700. The number of halogens is 1. The van der Waals surface area contributed by atoms with Crippen molar-refractivity contribution >= 4 is 43.0 Å². The Bertz CT molecular complexity index is 757. The molecular weight excluding hydrogens is 334 g/mol. The summed E-state index contributed by atoms with van der Waals surface area (Å²) in [7, 11) is -2.38. The molecule has 0 radical (unpaired) electrons. The lowest BCUT2D eigenvalue weighted by atomic mass is 10.2. The van der Waals surface area contributed by atoms with Gasteiger partial charge < -0.3 is 10.2 Å². The maximum absolute atomic E-state index is 12.7. The van der Waals surface area contributed by atoms with Gasteiger partial charge in [-0.05, 0) is 25.1 Å². The quantitative estimate of drug-likeness (QED) is 0.863. The zero-order valence-electron chi connectivity index (χ0n) is 11.6. The van der Waals surface area contributed by atoms with E-state index in [9.17, 15) is 13.5 Å². The lowest BCUT2D eigenvalue weighted by Gasteiger charge is -2.19. The Labute approximate surface area is 132 Å². The zero-order valence-corrected chi connectivity index (χ0v) is 14.0. The molecule has 0 aliphatic carbocycles. The molecule has 1 aromatic carbocycles. The molecule has 1 heterocycles. The van der Waals surface area contributed by atoms with Crippen molar-refractivity contribution in [2.75, 3.05) is 20.2 Å². The van der Waals surface area contributed by atoms with Crippen molar-refractivity contribution in [2.24, 2.45) is 0 Å². The van der Waals surface area contributed by atoms with Crippen LogP contribution in [0.3, 0.4) is 0 Å². The predicted molar refractivity (Wildman–Crippen MR) is 84.5 cm³/mol. The highest BCUT2D eigenvalue weighted by Crippen LogP contribution is 2.36. The van der Waals surface area contributed by atoms with Gasteiger partial charge in [-0.3, -0.25) is 0 Å². The maximum atomic E-state index is 12.7. The van der Waals surface area contributed by atoms with Crippen LogP contribution in [-0.4, -0.2) is 49.2 Å². The fourth-order valence-corrected chi connectivity index (χ4v) is 5.21. The third-order valence-corrected chi connectivity index (χ3v) is 6.58. The number of benzene rings is 1. The second-order valence-corrected chi connectivity index (χ2v) is 8.42. The van der Waals surface area contributed by atoms with Crippen LogP contribution >= 0.6 is 22.9 Å². The van der Waals surface area contributed by atoms with Crippen LogP contribution in [0.15, 0.2) is 23.1 Å². The molecule has 2 rings (SSSR count).